The summed E-state index contributed by atoms with van der Waals surface area (Å²) >= 11 is 1.18. The van der Waals surface area contributed by atoms with Crippen molar-refractivity contribution < 1.29 is 14.3 Å². The second kappa shape index (κ2) is 6.11. The Morgan fingerprint density at radius 1 is 1.35 bits per heavy atom. The molecule has 0 radical (unpaired) electrons. The molecule has 7 nitrogen and oxygen atoms in total. The lowest BCUT2D eigenvalue weighted by atomic mass is 10.3. The number of amides is 1. The average molecular weight is 293 g/mol. The number of carbonyl (C=O) groups is 2. The smallest absolute Gasteiger partial charge is 0.398 e. The number of anilines is 1. The summed E-state index contributed by atoms with van der Waals surface area (Å²) in [5.41, 5.74) is 4.13. The number of nitrogens with one attached hydrogen (secondary N) is 2. The molecule has 2 rings (SSSR count). The first-order valence-corrected chi connectivity index (χ1v) is 6.56. The standard InChI is InChI=1S/C12H11N3O4S/c1-2-19-11(18)10(17)14-15-12-13-9(16)7-5-3-4-6-8(7)20-12/h3-6H,2H2,1H3,(H,14,17)(H,13,15,16). The summed E-state index contributed by atoms with van der Waals surface area (Å²) in [6, 6.07) is 6.97. The average Bonchev–Trinajstić information content (AvgIpc) is 2.45. The van der Waals surface area contributed by atoms with Crippen LogP contribution in [0.1, 0.15) is 6.92 Å². The fourth-order valence-electron chi connectivity index (χ4n) is 1.42. The molecule has 0 atom stereocenters. The number of fused-ring (bicyclic) bond motifs is 1. The fourth-order valence-corrected chi connectivity index (χ4v) is 2.27. The topological polar surface area (TPSA) is 97.4 Å². The van der Waals surface area contributed by atoms with E-state index in [2.05, 4.69) is 20.6 Å². The Morgan fingerprint density at radius 2 is 2.10 bits per heavy atom. The lowest BCUT2D eigenvalue weighted by Gasteiger charge is -2.06. The van der Waals surface area contributed by atoms with Crippen LogP contribution in [0.5, 0.6) is 0 Å². The highest BCUT2D eigenvalue weighted by molar-refractivity contribution is 7.21. The molecule has 1 aromatic heterocycles. The van der Waals surface area contributed by atoms with Gasteiger partial charge in [-0.15, -0.1) is 0 Å². The Hall–Kier alpha value is -2.48. The van der Waals surface area contributed by atoms with Crippen molar-refractivity contribution in [2.24, 2.45) is 0 Å². The van der Waals surface area contributed by atoms with E-state index >= 15 is 0 Å². The van der Waals surface area contributed by atoms with Crippen LogP contribution in [-0.2, 0) is 14.3 Å². The summed E-state index contributed by atoms with van der Waals surface area (Å²) in [5, 5.41) is 0.686. The number of hydrogen-bond acceptors (Lipinski definition) is 7. The predicted molar refractivity (Wildman–Crippen MR) is 74.3 cm³/mol. The highest BCUT2D eigenvalue weighted by Crippen LogP contribution is 2.19. The number of hydrazine groups is 1. The molecular weight excluding hydrogens is 282 g/mol. The zero-order valence-electron chi connectivity index (χ0n) is 10.5. The summed E-state index contributed by atoms with van der Waals surface area (Å²) in [6.07, 6.45) is 0. The van der Waals surface area contributed by atoms with Crippen LogP contribution in [0, 0.1) is 0 Å². The van der Waals surface area contributed by atoms with E-state index in [1.54, 1.807) is 31.2 Å². The van der Waals surface area contributed by atoms with Crippen molar-refractivity contribution in [1.82, 2.24) is 10.4 Å². The third-order valence-electron chi connectivity index (χ3n) is 2.27. The lowest BCUT2D eigenvalue weighted by Crippen LogP contribution is -2.37. The van der Waals surface area contributed by atoms with Gasteiger partial charge in [0.15, 0.2) is 0 Å². The second-order valence-electron chi connectivity index (χ2n) is 3.62. The first kappa shape index (κ1) is 13.9. The van der Waals surface area contributed by atoms with Gasteiger partial charge in [0.05, 0.1) is 12.0 Å². The van der Waals surface area contributed by atoms with Crippen LogP contribution in [0.25, 0.3) is 10.1 Å². The fraction of sp³-hybridized carbons (Fsp3) is 0.167. The first-order valence-electron chi connectivity index (χ1n) is 5.75. The zero-order valence-corrected chi connectivity index (χ0v) is 11.3. The van der Waals surface area contributed by atoms with E-state index in [-0.39, 0.29) is 11.7 Å². The minimum atomic E-state index is -1.01. The Kier molecular flexibility index (Phi) is 4.26. The Balaban J connectivity index is 2.13. The normalized spacial score (nSPS) is 10.1. The number of aromatic nitrogens is 1. The molecule has 0 aliphatic carbocycles. The lowest BCUT2D eigenvalue weighted by molar-refractivity contribution is -0.154. The third-order valence-corrected chi connectivity index (χ3v) is 3.23. The van der Waals surface area contributed by atoms with Crippen LogP contribution >= 0.6 is 11.3 Å². The molecule has 0 spiro atoms. The summed E-state index contributed by atoms with van der Waals surface area (Å²) < 4.78 is 5.24. The molecule has 0 unspecified atom stereocenters. The highest BCUT2D eigenvalue weighted by Gasteiger charge is 2.14. The number of esters is 1. The number of ether oxygens (including phenoxy) is 1. The summed E-state index contributed by atoms with van der Waals surface area (Å²) in [5.74, 6) is -1.96. The van der Waals surface area contributed by atoms with Gasteiger partial charge in [0.1, 0.15) is 0 Å². The summed E-state index contributed by atoms with van der Waals surface area (Å²) in [4.78, 5) is 37.9. The molecule has 1 aromatic carbocycles. The quantitative estimate of drug-likeness (QED) is 0.490. The van der Waals surface area contributed by atoms with Crippen LogP contribution in [0.4, 0.5) is 5.13 Å². The maximum absolute atomic E-state index is 11.7. The molecule has 1 amide bonds. The van der Waals surface area contributed by atoms with E-state index in [0.717, 1.165) is 4.70 Å². The van der Waals surface area contributed by atoms with Gasteiger partial charge in [0.2, 0.25) is 5.13 Å². The molecule has 0 aliphatic heterocycles. The van der Waals surface area contributed by atoms with E-state index in [1.807, 2.05) is 0 Å². The minimum Gasteiger partial charge on any atom is -0.459 e. The molecule has 0 bridgehead atoms. The maximum atomic E-state index is 11.7. The van der Waals surface area contributed by atoms with Crippen molar-refractivity contribution in [1.29, 1.82) is 0 Å². The van der Waals surface area contributed by atoms with Gasteiger partial charge in [-0.25, -0.2) is 4.79 Å². The van der Waals surface area contributed by atoms with Crippen molar-refractivity contribution in [3.63, 3.8) is 0 Å². The summed E-state index contributed by atoms with van der Waals surface area (Å²) in [6.45, 7) is 1.70. The number of carbonyl (C=O) groups excluding carboxylic acids is 2. The number of nitrogens with zero attached hydrogens (tertiary/aromatic N) is 1. The van der Waals surface area contributed by atoms with Gasteiger partial charge in [-0.1, -0.05) is 23.5 Å². The van der Waals surface area contributed by atoms with E-state index in [9.17, 15) is 14.4 Å². The molecule has 2 aromatic rings. The van der Waals surface area contributed by atoms with Crippen molar-refractivity contribution in [2.75, 3.05) is 12.0 Å². The van der Waals surface area contributed by atoms with Gasteiger partial charge in [0, 0.05) is 4.70 Å². The Bertz CT molecular complexity index is 713. The van der Waals surface area contributed by atoms with Crippen molar-refractivity contribution in [3.05, 3.63) is 34.6 Å². The van der Waals surface area contributed by atoms with Gasteiger partial charge < -0.3 is 4.74 Å². The van der Waals surface area contributed by atoms with Gasteiger partial charge in [0.25, 0.3) is 5.56 Å². The van der Waals surface area contributed by atoms with Crippen LogP contribution in [0.2, 0.25) is 0 Å². The van der Waals surface area contributed by atoms with Gasteiger partial charge in [-0.05, 0) is 19.1 Å². The molecule has 0 saturated carbocycles. The molecule has 0 fully saturated rings. The molecule has 20 heavy (non-hydrogen) atoms. The molecular formula is C12H11N3O4S. The predicted octanol–water partition coefficient (Wildman–Crippen LogP) is 0.663. The van der Waals surface area contributed by atoms with Crippen LogP contribution < -0.4 is 16.4 Å². The number of hydrogen-bond donors (Lipinski definition) is 2. The Morgan fingerprint density at radius 3 is 2.85 bits per heavy atom. The van der Waals surface area contributed by atoms with E-state index in [1.165, 1.54) is 11.3 Å². The molecule has 0 aliphatic rings. The van der Waals surface area contributed by atoms with Gasteiger partial charge in [-0.2, -0.15) is 4.98 Å². The summed E-state index contributed by atoms with van der Waals surface area (Å²) in [7, 11) is 0. The molecule has 8 heteroatoms. The monoisotopic (exact) mass is 293 g/mol. The largest absolute Gasteiger partial charge is 0.459 e. The van der Waals surface area contributed by atoms with Crippen molar-refractivity contribution in [3.8, 4) is 0 Å². The van der Waals surface area contributed by atoms with Crippen LogP contribution in [0.3, 0.4) is 0 Å². The Labute approximate surface area is 117 Å². The molecule has 104 valence electrons. The third kappa shape index (κ3) is 3.09. The molecule has 2 N–H and O–H groups in total. The van der Waals surface area contributed by atoms with Gasteiger partial charge >= 0.3 is 11.9 Å². The number of benzene rings is 1. The van der Waals surface area contributed by atoms with E-state index in [0.29, 0.717) is 5.39 Å². The SMILES string of the molecule is CCOC(=O)C(=O)NNc1nc(=O)c2ccccc2s1. The maximum Gasteiger partial charge on any atom is 0.398 e. The highest BCUT2D eigenvalue weighted by atomic mass is 32.1. The van der Waals surface area contributed by atoms with Crippen LogP contribution in [0.15, 0.2) is 29.1 Å². The molecule has 1 heterocycles. The first-order chi connectivity index (χ1) is 9.61. The number of rotatable bonds is 3. The second-order valence-corrected chi connectivity index (χ2v) is 4.65. The van der Waals surface area contributed by atoms with E-state index < -0.39 is 17.4 Å². The van der Waals surface area contributed by atoms with Crippen LogP contribution in [-0.4, -0.2) is 23.5 Å². The zero-order chi connectivity index (χ0) is 14.5. The molecule has 0 saturated heterocycles. The van der Waals surface area contributed by atoms with Gasteiger partial charge in [-0.3, -0.25) is 20.4 Å². The minimum absolute atomic E-state index is 0.105. The van der Waals surface area contributed by atoms with Crippen molar-refractivity contribution >= 4 is 38.4 Å². The van der Waals surface area contributed by atoms with Crippen molar-refractivity contribution in [2.45, 2.75) is 6.92 Å². The van der Waals surface area contributed by atoms with E-state index in [4.69, 9.17) is 0 Å².